The van der Waals surface area contributed by atoms with Gasteiger partial charge in [-0.15, -0.1) is 0 Å². The summed E-state index contributed by atoms with van der Waals surface area (Å²) < 4.78 is 1.32. The van der Waals surface area contributed by atoms with Gasteiger partial charge >= 0.3 is 0 Å². The van der Waals surface area contributed by atoms with Crippen LogP contribution in [0.25, 0.3) is 0 Å². The van der Waals surface area contributed by atoms with Gasteiger partial charge in [0, 0.05) is 48.5 Å². The number of piperidine rings is 1. The van der Waals surface area contributed by atoms with Crippen molar-refractivity contribution in [2.45, 2.75) is 12.8 Å². The van der Waals surface area contributed by atoms with Crippen LogP contribution in [0.15, 0.2) is 24.3 Å². The fourth-order valence-electron chi connectivity index (χ4n) is 4.49. The highest BCUT2D eigenvalue weighted by Gasteiger charge is 2.44. The minimum Gasteiger partial charge on any atom is -0.369 e. The lowest BCUT2D eigenvalue weighted by Gasteiger charge is -2.55. The first-order chi connectivity index (χ1) is 11.6. The minimum atomic E-state index is 0.662. The summed E-state index contributed by atoms with van der Waals surface area (Å²) in [5.41, 5.74) is 2.04. The zero-order chi connectivity index (χ0) is 16.6. The summed E-state index contributed by atoms with van der Waals surface area (Å²) in [6.45, 7) is 11.1. The third-order valence-electron chi connectivity index (χ3n) is 6.13. The van der Waals surface area contributed by atoms with Crippen molar-refractivity contribution in [1.29, 1.82) is 0 Å². The monoisotopic (exact) mass is 440 g/mol. The van der Waals surface area contributed by atoms with Crippen molar-refractivity contribution in [2.24, 2.45) is 5.41 Å². The Kier molecular flexibility index (Phi) is 5.04. The molecule has 5 heteroatoms. The van der Waals surface area contributed by atoms with E-state index in [-0.39, 0.29) is 0 Å². The molecule has 0 amide bonds. The number of hydrogen-bond donors (Lipinski definition) is 0. The standard InChI is InChI=1S/C19H29IN4/c1-21-8-6-19(7-9-21)14-23(15-19)16-22-10-12-24(13-11-22)18-4-2-17(20)3-5-18/h2-5H,6-16H2,1H3. The lowest BCUT2D eigenvalue weighted by Crippen LogP contribution is -2.63. The van der Waals surface area contributed by atoms with E-state index in [0.717, 1.165) is 13.1 Å². The van der Waals surface area contributed by atoms with Gasteiger partial charge in [-0.05, 0) is 85.3 Å². The SMILES string of the molecule is CN1CCC2(CC1)CN(CN1CCN(c3ccc(I)cc3)CC1)C2. The molecule has 3 fully saturated rings. The molecular formula is C19H29IN4. The smallest absolute Gasteiger partial charge is 0.0508 e. The van der Waals surface area contributed by atoms with E-state index in [1.165, 1.54) is 68.0 Å². The van der Waals surface area contributed by atoms with Crippen molar-refractivity contribution in [3.63, 3.8) is 0 Å². The normalized spacial score (nSPS) is 25.8. The number of nitrogens with zero attached hydrogens (tertiary/aromatic N) is 4. The van der Waals surface area contributed by atoms with Gasteiger partial charge < -0.3 is 9.80 Å². The van der Waals surface area contributed by atoms with Gasteiger partial charge in [0.2, 0.25) is 0 Å². The number of halogens is 1. The summed E-state index contributed by atoms with van der Waals surface area (Å²) in [5, 5.41) is 0. The summed E-state index contributed by atoms with van der Waals surface area (Å²) >= 11 is 2.38. The zero-order valence-corrected chi connectivity index (χ0v) is 16.9. The van der Waals surface area contributed by atoms with Gasteiger partial charge in [-0.1, -0.05) is 0 Å². The Labute approximate surface area is 159 Å². The van der Waals surface area contributed by atoms with Crippen molar-refractivity contribution in [2.75, 3.05) is 71.0 Å². The van der Waals surface area contributed by atoms with E-state index in [4.69, 9.17) is 0 Å². The van der Waals surface area contributed by atoms with Crippen LogP contribution in [0.3, 0.4) is 0 Å². The molecule has 0 atom stereocenters. The fraction of sp³-hybridized carbons (Fsp3) is 0.684. The van der Waals surface area contributed by atoms with Crippen molar-refractivity contribution >= 4 is 28.3 Å². The van der Waals surface area contributed by atoms with Crippen LogP contribution in [0.2, 0.25) is 0 Å². The first kappa shape index (κ1) is 17.1. The number of piperazine rings is 1. The van der Waals surface area contributed by atoms with Crippen molar-refractivity contribution in [1.82, 2.24) is 14.7 Å². The second kappa shape index (κ2) is 7.09. The third kappa shape index (κ3) is 3.74. The molecule has 1 aromatic rings. The highest BCUT2D eigenvalue weighted by molar-refractivity contribution is 14.1. The van der Waals surface area contributed by atoms with Gasteiger partial charge in [-0.3, -0.25) is 9.80 Å². The minimum absolute atomic E-state index is 0.662. The molecule has 4 rings (SSSR count). The molecule has 0 unspecified atom stereocenters. The van der Waals surface area contributed by atoms with Gasteiger partial charge in [-0.2, -0.15) is 0 Å². The molecule has 1 spiro atoms. The Bertz CT molecular complexity index is 537. The Morgan fingerprint density at radius 2 is 1.50 bits per heavy atom. The van der Waals surface area contributed by atoms with Crippen molar-refractivity contribution in [3.8, 4) is 0 Å². The lowest BCUT2D eigenvalue weighted by atomic mass is 9.72. The topological polar surface area (TPSA) is 13.0 Å². The third-order valence-corrected chi connectivity index (χ3v) is 6.85. The van der Waals surface area contributed by atoms with Gasteiger partial charge in [0.25, 0.3) is 0 Å². The maximum atomic E-state index is 2.67. The number of benzene rings is 1. The molecule has 0 radical (unpaired) electrons. The van der Waals surface area contributed by atoms with Gasteiger partial charge in [0.1, 0.15) is 0 Å². The van der Waals surface area contributed by atoms with Gasteiger partial charge in [-0.25, -0.2) is 0 Å². The molecule has 3 aliphatic rings. The molecule has 0 N–H and O–H groups in total. The maximum Gasteiger partial charge on any atom is 0.0508 e. The van der Waals surface area contributed by atoms with Crippen LogP contribution in [0.5, 0.6) is 0 Å². The van der Waals surface area contributed by atoms with E-state index in [9.17, 15) is 0 Å². The molecule has 3 aliphatic heterocycles. The maximum absolute atomic E-state index is 2.67. The van der Waals surface area contributed by atoms with Crippen molar-refractivity contribution < 1.29 is 0 Å². The summed E-state index contributed by atoms with van der Waals surface area (Å²) in [6, 6.07) is 8.94. The van der Waals surface area contributed by atoms with E-state index in [0.29, 0.717) is 5.41 Å². The van der Waals surface area contributed by atoms with E-state index >= 15 is 0 Å². The molecule has 1 aromatic carbocycles. The molecular weight excluding hydrogens is 411 g/mol. The lowest BCUT2D eigenvalue weighted by molar-refractivity contribution is -0.0683. The number of anilines is 1. The molecule has 3 saturated heterocycles. The predicted octanol–water partition coefficient (Wildman–Crippen LogP) is 2.40. The highest BCUT2D eigenvalue weighted by Crippen LogP contribution is 2.40. The largest absolute Gasteiger partial charge is 0.369 e. The van der Waals surface area contributed by atoms with Crippen LogP contribution >= 0.6 is 22.6 Å². The highest BCUT2D eigenvalue weighted by atomic mass is 127. The first-order valence-electron chi connectivity index (χ1n) is 9.26. The van der Waals surface area contributed by atoms with Gasteiger partial charge in [0.05, 0.1) is 6.67 Å². The van der Waals surface area contributed by atoms with Gasteiger partial charge in [0.15, 0.2) is 0 Å². The van der Waals surface area contributed by atoms with E-state index < -0.39 is 0 Å². The van der Waals surface area contributed by atoms with Crippen LogP contribution < -0.4 is 4.90 Å². The van der Waals surface area contributed by atoms with E-state index in [2.05, 4.69) is 73.5 Å². The van der Waals surface area contributed by atoms with Crippen LogP contribution in [0.1, 0.15) is 12.8 Å². The Morgan fingerprint density at radius 3 is 2.12 bits per heavy atom. The molecule has 132 valence electrons. The molecule has 4 nitrogen and oxygen atoms in total. The van der Waals surface area contributed by atoms with E-state index in [1.54, 1.807) is 0 Å². The molecule has 0 aromatic heterocycles. The number of likely N-dealkylation sites (tertiary alicyclic amines) is 2. The first-order valence-corrected chi connectivity index (χ1v) is 10.3. The van der Waals surface area contributed by atoms with E-state index in [1.807, 2.05) is 0 Å². The average Bonchev–Trinajstić information content (AvgIpc) is 2.57. The second-order valence-corrected chi connectivity index (χ2v) is 9.26. The molecule has 24 heavy (non-hydrogen) atoms. The Hall–Kier alpha value is -0.370. The van der Waals surface area contributed by atoms with Crippen molar-refractivity contribution in [3.05, 3.63) is 27.8 Å². The second-order valence-electron chi connectivity index (χ2n) is 8.01. The summed E-state index contributed by atoms with van der Waals surface area (Å²) in [7, 11) is 2.26. The molecule has 0 saturated carbocycles. The van der Waals surface area contributed by atoms with Crippen LogP contribution in [0, 0.1) is 8.99 Å². The zero-order valence-electron chi connectivity index (χ0n) is 14.8. The van der Waals surface area contributed by atoms with Crippen LogP contribution in [-0.4, -0.2) is 80.8 Å². The molecule has 0 bridgehead atoms. The average molecular weight is 440 g/mol. The number of hydrogen-bond acceptors (Lipinski definition) is 4. The molecule has 0 aliphatic carbocycles. The summed E-state index contributed by atoms with van der Waals surface area (Å²) in [4.78, 5) is 10.3. The quantitative estimate of drug-likeness (QED) is 0.670. The van der Waals surface area contributed by atoms with Crippen LogP contribution in [-0.2, 0) is 0 Å². The fourth-order valence-corrected chi connectivity index (χ4v) is 4.85. The summed E-state index contributed by atoms with van der Waals surface area (Å²) in [5.74, 6) is 0. The summed E-state index contributed by atoms with van der Waals surface area (Å²) in [6.07, 6.45) is 2.81. The Morgan fingerprint density at radius 1 is 0.875 bits per heavy atom. The predicted molar refractivity (Wildman–Crippen MR) is 109 cm³/mol. The molecule has 3 heterocycles. The number of rotatable bonds is 3. The Balaban J connectivity index is 1.21. The van der Waals surface area contributed by atoms with Crippen LogP contribution in [0.4, 0.5) is 5.69 Å².